The van der Waals surface area contributed by atoms with Crippen molar-refractivity contribution in [1.82, 2.24) is 15.0 Å². The number of nitrogens with zero attached hydrogens (tertiary/aromatic N) is 3. The first-order chi connectivity index (χ1) is 28.2. The Labute approximate surface area is 333 Å². The molecule has 7 aromatic carbocycles. The summed E-state index contributed by atoms with van der Waals surface area (Å²) in [6, 6.07) is 62.4. The average Bonchev–Trinajstić information content (AvgIpc) is 3.29. The number of hydrogen-bond donors (Lipinski definition) is 0. The van der Waals surface area contributed by atoms with E-state index in [1.54, 1.807) is 0 Å². The van der Waals surface area contributed by atoms with Gasteiger partial charge in [-0.3, -0.25) is 0 Å². The molecule has 0 aliphatic heterocycles. The summed E-state index contributed by atoms with van der Waals surface area (Å²) in [5.74, 6) is 0.689. The zero-order valence-electron chi connectivity index (χ0n) is 31.7. The van der Waals surface area contributed by atoms with Gasteiger partial charge in [0.25, 0.3) is 0 Å². The van der Waals surface area contributed by atoms with Gasteiger partial charge < -0.3 is 0 Å². The van der Waals surface area contributed by atoms with Gasteiger partial charge in [0.05, 0.1) is 22.6 Å². The minimum absolute atomic E-state index is 0.689. The number of fused-ring (bicyclic) bond motifs is 3. The summed E-state index contributed by atoms with van der Waals surface area (Å²) in [5, 5.41) is 3.45. The molecule has 3 heteroatoms. The molecular weight excluding hydrogens is 691 g/mol. The van der Waals surface area contributed by atoms with Gasteiger partial charge in [-0.15, -0.1) is 0 Å². The molecule has 1 aliphatic carbocycles. The molecule has 1 aliphatic rings. The average molecular weight is 730 g/mol. The molecule has 0 spiro atoms. The molecule has 0 saturated carbocycles. The maximum atomic E-state index is 5.37. The Bertz CT molecular complexity index is 3000. The fourth-order valence-corrected chi connectivity index (χ4v) is 8.19. The topological polar surface area (TPSA) is 38.7 Å². The van der Waals surface area contributed by atoms with Crippen LogP contribution in [0.3, 0.4) is 0 Å². The number of pyridine rings is 1. The molecule has 3 nitrogen and oxygen atoms in total. The quantitative estimate of drug-likeness (QED) is 0.153. The van der Waals surface area contributed by atoms with E-state index >= 15 is 0 Å². The maximum absolute atomic E-state index is 5.37. The third kappa shape index (κ3) is 6.64. The fraction of sp³-hybridized carbons (Fsp3) is 0.0556. The Morgan fingerprint density at radius 2 is 1.00 bits per heavy atom. The number of rotatable bonds is 7. The van der Waals surface area contributed by atoms with E-state index in [4.69, 9.17) is 15.0 Å². The highest BCUT2D eigenvalue weighted by Gasteiger charge is 2.18. The van der Waals surface area contributed by atoms with Crippen molar-refractivity contribution < 1.29 is 0 Å². The third-order valence-corrected chi connectivity index (χ3v) is 11.1. The second-order valence-corrected chi connectivity index (χ2v) is 14.7. The molecule has 57 heavy (non-hydrogen) atoms. The van der Waals surface area contributed by atoms with Crippen LogP contribution >= 0.6 is 0 Å². The van der Waals surface area contributed by atoms with Crippen molar-refractivity contribution in [2.45, 2.75) is 19.8 Å². The molecule has 9 aromatic rings. The highest BCUT2D eigenvalue weighted by atomic mass is 14.9. The van der Waals surface area contributed by atoms with Gasteiger partial charge in [-0.25, -0.2) is 15.0 Å². The first kappa shape index (κ1) is 34.3. The molecular formula is C54H39N3. The first-order valence-corrected chi connectivity index (χ1v) is 19.7. The Morgan fingerprint density at radius 1 is 0.404 bits per heavy atom. The molecule has 0 bridgehead atoms. The van der Waals surface area contributed by atoms with E-state index in [-0.39, 0.29) is 0 Å². The highest BCUT2D eigenvalue weighted by molar-refractivity contribution is 6.11. The summed E-state index contributed by atoms with van der Waals surface area (Å²) in [5.41, 5.74) is 16.1. The molecule has 0 radical (unpaired) electrons. The van der Waals surface area contributed by atoms with Gasteiger partial charge in [0.2, 0.25) is 0 Å². The Morgan fingerprint density at radius 3 is 1.74 bits per heavy atom. The van der Waals surface area contributed by atoms with Gasteiger partial charge in [-0.2, -0.15) is 0 Å². The monoisotopic (exact) mass is 729 g/mol. The number of benzene rings is 7. The molecule has 0 atom stereocenters. The van der Waals surface area contributed by atoms with Gasteiger partial charge in [0.1, 0.15) is 0 Å². The van der Waals surface area contributed by atoms with Crippen LogP contribution in [-0.2, 0) is 0 Å². The normalized spacial score (nSPS) is 12.5. The molecule has 0 amide bonds. The fourth-order valence-electron chi connectivity index (χ4n) is 8.19. The van der Waals surface area contributed by atoms with Crippen LogP contribution in [0.1, 0.15) is 24.0 Å². The summed E-state index contributed by atoms with van der Waals surface area (Å²) >= 11 is 0. The molecule has 270 valence electrons. The van der Waals surface area contributed by atoms with E-state index < -0.39 is 0 Å². The number of aromatic nitrogens is 3. The number of allylic oxidation sites excluding steroid dienone is 4. The zero-order chi connectivity index (χ0) is 38.1. The minimum atomic E-state index is 0.689. The highest BCUT2D eigenvalue weighted by Crippen LogP contribution is 2.40. The molecule has 0 N–H and O–H groups in total. The van der Waals surface area contributed by atoms with Crippen LogP contribution in [0.2, 0.25) is 0 Å². The molecule has 0 fully saturated rings. The number of para-hydroxylation sites is 1. The largest absolute Gasteiger partial charge is 0.247 e. The van der Waals surface area contributed by atoms with Crippen molar-refractivity contribution in [2.75, 3.05) is 0 Å². The third-order valence-electron chi connectivity index (χ3n) is 11.1. The van der Waals surface area contributed by atoms with Crippen LogP contribution in [0.25, 0.3) is 94.7 Å². The van der Waals surface area contributed by atoms with Crippen LogP contribution < -0.4 is 0 Å². The lowest BCUT2D eigenvalue weighted by Crippen LogP contribution is -1.98. The van der Waals surface area contributed by atoms with Gasteiger partial charge in [0, 0.05) is 33.0 Å². The van der Waals surface area contributed by atoms with Crippen LogP contribution in [0.15, 0.2) is 194 Å². The first-order valence-electron chi connectivity index (χ1n) is 19.7. The lowest BCUT2D eigenvalue weighted by Gasteiger charge is -2.17. The van der Waals surface area contributed by atoms with E-state index in [1.807, 2.05) is 18.2 Å². The van der Waals surface area contributed by atoms with Crippen LogP contribution in [0, 0.1) is 6.92 Å². The van der Waals surface area contributed by atoms with Crippen LogP contribution in [-0.4, -0.2) is 15.0 Å². The molecule has 2 heterocycles. The lowest BCUT2D eigenvalue weighted by molar-refractivity contribution is 1.04. The lowest BCUT2D eigenvalue weighted by atomic mass is 9.89. The summed E-state index contributed by atoms with van der Waals surface area (Å²) < 4.78 is 0. The van der Waals surface area contributed by atoms with E-state index in [1.165, 1.54) is 38.8 Å². The molecule has 2 aromatic heterocycles. The molecule has 0 saturated heterocycles. The van der Waals surface area contributed by atoms with Crippen molar-refractivity contribution >= 4 is 27.2 Å². The van der Waals surface area contributed by atoms with E-state index in [0.29, 0.717) is 5.82 Å². The maximum Gasteiger partial charge on any atom is 0.160 e. The van der Waals surface area contributed by atoms with Crippen molar-refractivity contribution in [1.29, 1.82) is 0 Å². The van der Waals surface area contributed by atoms with Crippen LogP contribution in [0.4, 0.5) is 0 Å². The van der Waals surface area contributed by atoms with Crippen molar-refractivity contribution in [3.63, 3.8) is 0 Å². The minimum Gasteiger partial charge on any atom is -0.247 e. The zero-order valence-corrected chi connectivity index (χ0v) is 31.7. The van der Waals surface area contributed by atoms with Crippen LogP contribution in [0.5, 0.6) is 0 Å². The predicted octanol–water partition coefficient (Wildman–Crippen LogP) is 14.2. The Hall–Kier alpha value is -7.23. The van der Waals surface area contributed by atoms with Crippen molar-refractivity contribution in [3.05, 3.63) is 205 Å². The summed E-state index contributed by atoms with van der Waals surface area (Å²) in [4.78, 5) is 15.9. The SMILES string of the molecule is Cc1c(-c2ccccc2)cccc1-c1cc(-c2cc(-c3ccc(C4=CCCC=C4)cc3)nc(-c3ccccc3)n2)cc(-c2nc3ccccc3c3ccccc23)c1. The van der Waals surface area contributed by atoms with Crippen molar-refractivity contribution in [2.24, 2.45) is 0 Å². The van der Waals surface area contributed by atoms with E-state index in [0.717, 1.165) is 74.0 Å². The standard InChI is InChI=1S/C54H39N3/c1-36-45(39-18-7-3-8-19-39)25-15-26-46(36)42-32-43(34-44(33-42)53-49-24-12-11-22-47(49)48-23-13-14-27-50(48)55-53)52-35-51(56-54(57-52)41-20-9-4-10-21-41)40-30-28-38(29-31-40)37-16-5-2-6-17-37/h3-5,7-35H,2,6H2,1H3. The van der Waals surface area contributed by atoms with Gasteiger partial charge >= 0.3 is 0 Å². The summed E-state index contributed by atoms with van der Waals surface area (Å²) in [7, 11) is 0. The molecule has 0 unspecified atom stereocenters. The Kier molecular flexibility index (Phi) is 8.89. The predicted molar refractivity (Wildman–Crippen MR) is 239 cm³/mol. The van der Waals surface area contributed by atoms with Crippen molar-refractivity contribution in [3.8, 4) is 67.4 Å². The second kappa shape index (κ2) is 14.8. The van der Waals surface area contributed by atoms with Gasteiger partial charge in [0.15, 0.2) is 5.82 Å². The van der Waals surface area contributed by atoms with Gasteiger partial charge in [-0.1, -0.05) is 164 Å². The smallest absolute Gasteiger partial charge is 0.160 e. The summed E-state index contributed by atoms with van der Waals surface area (Å²) in [6.07, 6.45) is 8.97. The molecule has 10 rings (SSSR count). The summed E-state index contributed by atoms with van der Waals surface area (Å²) in [6.45, 7) is 2.23. The van der Waals surface area contributed by atoms with E-state index in [2.05, 4.69) is 183 Å². The number of hydrogen-bond acceptors (Lipinski definition) is 3. The Balaban J connectivity index is 1.21. The van der Waals surface area contributed by atoms with Gasteiger partial charge in [-0.05, 0) is 94.4 Å². The van der Waals surface area contributed by atoms with E-state index in [9.17, 15) is 0 Å². The second-order valence-electron chi connectivity index (χ2n) is 14.7.